The van der Waals surface area contributed by atoms with Gasteiger partial charge in [0.25, 0.3) is 10.0 Å². The number of sulfonamides is 1. The minimum atomic E-state index is -3.71. The highest BCUT2D eigenvalue weighted by molar-refractivity contribution is 7.92. The second-order valence-electron chi connectivity index (χ2n) is 7.35. The summed E-state index contributed by atoms with van der Waals surface area (Å²) in [4.78, 5) is 14.1. The van der Waals surface area contributed by atoms with E-state index < -0.39 is 10.0 Å². The van der Waals surface area contributed by atoms with E-state index in [1.54, 1.807) is 17.0 Å². The summed E-state index contributed by atoms with van der Waals surface area (Å²) in [6.07, 6.45) is 1.43. The molecule has 0 spiro atoms. The second-order valence-corrected chi connectivity index (χ2v) is 8.96. The fourth-order valence-corrected chi connectivity index (χ4v) is 5.38. The lowest BCUT2D eigenvalue weighted by molar-refractivity contribution is -0.117. The monoisotopic (exact) mass is 386 g/mol. The fourth-order valence-electron chi connectivity index (χ4n) is 3.71. The van der Waals surface area contributed by atoms with Crippen LogP contribution in [-0.4, -0.2) is 20.9 Å². The molecule has 27 heavy (non-hydrogen) atoms. The second kappa shape index (κ2) is 7.00. The molecule has 1 amide bonds. The number of rotatable bonds is 4. The van der Waals surface area contributed by atoms with Crippen LogP contribution in [-0.2, 0) is 14.8 Å². The summed E-state index contributed by atoms with van der Waals surface area (Å²) >= 11 is 0. The van der Waals surface area contributed by atoms with E-state index >= 15 is 0 Å². The number of carbonyl (C=O) groups is 1. The zero-order chi connectivity index (χ0) is 19.9. The number of hydrogen-bond donors (Lipinski definition) is 1. The Morgan fingerprint density at radius 2 is 1.56 bits per heavy atom. The Morgan fingerprint density at radius 3 is 2.07 bits per heavy atom. The number of nitrogens with one attached hydrogen (secondary N) is 1. The van der Waals surface area contributed by atoms with Crippen LogP contribution in [0.3, 0.4) is 0 Å². The van der Waals surface area contributed by atoms with Crippen molar-refractivity contribution in [1.82, 2.24) is 0 Å². The molecular weight excluding hydrogens is 360 g/mol. The molecule has 0 unspecified atom stereocenters. The summed E-state index contributed by atoms with van der Waals surface area (Å²) in [6.45, 7) is 10.1. The summed E-state index contributed by atoms with van der Waals surface area (Å²) < 4.78 is 28.9. The summed E-state index contributed by atoms with van der Waals surface area (Å²) in [5, 5.41) is 0. The van der Waals surface area contributed by atoms with Crippen LogP contribution in [0.2, 0.25) is 0 Å². The molecule has 0 aromatic heterocycles. The minimum Gasteiger partial charge on any atom is -0.312 e. The topological polar surface area (TPSA) is 66.5 Å². The third-order valence-corrected chi connectivity index (χ3v) is 7.03. The van der Waals surface area contributed by atoms with Crippen molar-refractivity contribution >= 4 is 27.3 Å². The first-order chi connectivity index (χ1) is 12.6. The van der Waals surface area contributed by atoms with Gasteiger partial charge in [0, 0.05) is 24.3 Å². The molecule has 3 rings (SSSR count). The van der Waals surface area contributed by atoms with Gasteiger partial charge < -0.3 is 4.90 Å². The quantitative estimate of drug-likeness (QED) is 0.858. The molecule has 5 nitrogen and oxygen atoms in total. The molecule has 0 radical (unpaired) electrons. The highest BCUT2D eigenvalue weighted by atomic mass is 32.2. The molecule has 0 bridgehead atoms. The summed E-state index contributed by atoms with van der Waals surface area (Å²) in [7, 11) is -3.71. The van der Waals surface area contributed by atoms with E-state index in [-0.39, 0.29) is 5.91 Å². The molecule has 1 N–H and O–H groups in total. The summed E-state index contributed by atoms with van der Waals surface area (Å²) in [5.41, 5.74) is 5.66. The molecule has 1 heterocycles. The number of benzene rings is 2. The lowest BCUT2D eigenvalue weighted by Crippen LogP contribution is -2.24. The molecular formula is C21H26N2O3S. The molecule has 0 saturated carbocycles. The molecule has 2 aromatic carbocycles. The summed E-state index contributed by atoms with van der Waals surface area (Å²) in [5.74, 6) is 0.118. The van der Waals surface area contributed by atoms with Gasteiger partial charge in [-0.3, -0.25) is 9.52 Å². The largest absolute Gasteiger partial charge is 0.312 e. The van der Waals surface area contributed by atoms with Crippen LogP contribution in [0.25, 0.3) is 0 Å². The normalized spacial score (nSPS) is 14.7. The van der Waals surface area contributed by atoms with Crippen molar-refractivity contribution in [3.8, 4) is 0 Å². The van der Waals surface area contributed by atoms with Crippen LogP contribution in [0, 0.1) is 34.6 Å². The van der Waals surface area contributed by atoms with E-state index in [4.69, 9.17) is 0 Å². The number of nitrogens with zero attached hydrogens (tertiary/aromatic N) is 1. The SMILES string of the molecule is Cc1cc(NS(=O)(=O)c2c(C)c(C)cc(C)c2C)ccc1N1CCCC1=O. The van der Waals surface area contributed by atoms with Crippen LogP contribution in [0.4, 0.5) is 11.4 Å². The van der Waals surface area contributed by atoms with Crippen LogP contribution in [0.15, 0.2) is 29.2 Å². The molecule has 1 saturated heterocycles. The Balaban J connectivity index is 1.96. The first kappa shape index (κ1) is 19.4. The number of aryl methyl sites for hydroxylation is 3. The molecule has 1 fully saturated rings. The van der Waals surface area contributed by atoms with Gasteiger partial charge in [0.15, 0.2) is 0 Å². The van der Waals surface area contributed by atoms with Gasteiger partial charge in [0.2, 0.25) is 5.91 Å². The third-order valence-electron chi connectivity index (χ3n) is 5.38. The Bertz CT molecular complexity index is 1000. The Labute approximate surface area is 161 Å². The number of amides is 1. The van der Waals surface area contributed by atoms with Crippen LogP contribution in [0.1, 0.15) is 40.7 Å². The van der Waals surface area contributed by atoms with E-state index in [0.717, 1.165) is 39.9 Å². The molecule has 144 valence electrons. The number of carbonyl (C=O) groups excluding carboxylic acids is 1. The van der Waals surface area contributed by atoms with Crippen LogP contribution < -0.4 is 9.62 Å². The number of anilines is 2. The Kier molecular flexibility index (Phi) is 5.04. The van der Waals surface area contributed by atoms with Crippen molar-refractivity contribution in [1.29, 1.82) is 0 Å². The van der Waals surface area contributed by atoms with Gasteiger partial charge in [0.1, 0.15) is 0 Å². The highest BCUT2D eigenvalue weighted by Crippen LogP contribution is 2.31. The molecule has 1 aliphatic heterocycles. The third kappa shape index (κ3) is 3.58. The van der Waals surface area contributed by atoms with Crippen LogP contribution >= 0.6 is 0 Å². The molecule has 0 atom stereocenters. The van der Waals surface area contributed by atoms with E-state index in [2.05, 4.69) is 4.72 Å². The van der Waals surface area contributed by atoms with Gasteiger partial charge in [-0.2, -0.15) is 0 Å². The smallest absolute Gasteiger partial charge is 0.262 e. The van der Waals surface area contributed by atoms with Gasteiger partial charge in [-0.1, -0.05) is 6.07 Å². The molecule has 1 aliphatic rings. The van der Waals surface area contributed by atoms with Gasteiger partial charge in [-0.25, -0.2) is 8.42 Å². The van der Waals surface area contributed by atoms with E-state index in [9.17, 15) is 13.2 Å². The fraction of sp³-hybridized carbons (Fsp3) is 0.381. The Morgan fingerprint density at radius 1 is 0.926 bits per heavy atom. The first-order valence-corrected chi connectivity index (χ1v) is 10.6. The number of hydrogen-bond acceptors (Lipinski definition) is 3. The van der Waals surface area contributed by atoms with Gasteiger partial charge in [-0.15, -0.1) is 0 Å². The predicted octanol–water partition coefficient (Wildman–Crippen LogP) is 4.16. The van der Waals surface area contributed by atoms with Gasteiger partial charge in [-0.05, 0) is 87.1 Å². The van der Waals surface area contributed by atoms with E-state index in [1.807, 2.05) is 46.8 Å². The van der Waals surface area contributed by atoms with Gasteiger partial charge in [0.05, 0.1) is 4.90 Å². The average molecular weight is 387 g/mol. The van der Waals surface area contributed by atoms with E-state index in [0.29, 0.717) is 23.5 Å². The lowest BCUT2D eigenvalue weighted by Gasteiger charge is -2.20. The standard InChI is InChI=1S/C21H26N2O3S/c1-13-11-14(2)17(5)21(16(13)4)27(25,26)22-18-8-9-19(15(3)12-18)23-10-6-7-20(23)24/h8-9,11-12,22H,6-7,10H2,1-5H3. The lowest BCUT2D eigenvalue weighted by atomic mass is 10.0. The molecule has 6 heteroatoms. The average Bonchev–Trinajstić information content (AvgIpc) is 2.98. The van der Waals surface area contributed by atoms with Crippen molar-refractivity contribution in [2.24, 2.45) is 0 Å². The van der Waals surface area contributed by atoms with Crippen LogP contribution in [0.5, 0.6) is 0 Å². The van der Waals surface area contributed by atoms with Crippen molar-refractivity contribution in [3.05, 3.63) is 52.1 Å². The van der Waals surface area contributed by atoms with Crippen molar-refractivity contribution in [3.63, 3.8) is 0 Å². The highest BCUT2D eigenvalue weighted by Gasteiger charge is 2.25. The van der Waals surface area contributed by atoms with E-state index in [1.165, 1.54) is 0 Å². The molecule has 0 aliphatic carbocycles. The molecule has 2 aromatic rings. The zero-order valence-corrected chi connectivity index (χ0v) is 17.3. The van der Waals surface area contributed by atoms with Crippen molar-refractivity contribution in [2.45, 2.75) is 52.4 Å². The van der Waals surface area contributed by atoms with Crippen molar-refractivity contribution < 1.29 is 13.2 Å². The maximum Gasteiger partial charge on any atom is 0.262 e. The van der Waals surface area contributed by atoms with Crippen molar-refractivity contribution in [2.75, 3.05) is 16.2 Å². The first-order valence-electron chi connectivity index (χ1n) is 9.13. The predicted molar refractivity (Wildman–Crippen MR) is 109 cm³/mol. The maximum atomic E-state index is 13.1. The summed E-state index contributed by atoms with van der Waals surface area (Å²) in [6, 6.07) is 7.33. The maximum absolute atomic E-state index is 13.1. The Hall–Kier alpha value is -2.34. The van der Waals surface area contributed by atoms with Gasteiger partial charge >= 0.3 is 0 Å². The minimum absolute atomic E-state index is 0.118. The zero-order valence-electron chi connectivity index (χ0n) is 16.5.